The third kappa shape index (κ3) is 2.53. The predicted molar refractivity (Wildman–Crippen MR) is 127 cm³/mol. The van der Waals surface area contributed by atoms with E-state index < -0.39 is 0 Å². The van der Waals surface area contributed by atoms with Crippen molar-refractivity contribution in [3.63, 3.8) is 0 Å². The molecular weight excluding hydrogens is 360 g/mol. The Morgan fingerprint density at radius 1 is 0.567 bits per heavy atom. The molecule has 1 aliphatic carbocycles. The predicted octanol–water partition coefficient (Wildman–Crippen LogP) is 7.54. The Hall–Kier alpha value is -3.12. The van der Waals surface area contributed by atoms with E-state index in [0.717, 1.165) is 6.42 Å². The van der Waals surface area contributed by atoms with Crippen LogP contribution in [0.4, 0.5) is 0 Å². The Balaban J connectivity index is 1.94. The van der Waals surface area contributed by atoms with Gasteiger partial charge >= 0.3 is 0 Å². The lowest BCUT2D eigenvalue weighted by atomic mass is 9.67. The molecule has 4 aromatic rings. The van der Waals surface area contributed by atoms with E-state index in [1.165, 1.54) is 55.6 Å². The monoisotopic (exact) mass is 388 g/mol. The van der Waals surface area contributed by atoms with Gasteiger partial charge in [0.2, 0.25) is 0 Å². The first-order valence-electron chi connectivity index (χ1n) is 10.9. The van der Waals surface area contributed by atoms with Crippen molar-refractivity contribution >= 4 is 0 Å². The highest BCUT2D eigenvalue weighted by Gasteiger charge is 2.46. The summed E-state index contributed by atoms with van der Waals surface area (Å²) in [7, 11) is 0. The zero-order valence-corrected chi connectivity index (χ0v) is 18.3. The topological polar surface area (TPSA) is 0 Å². The molecule has 0 saturated heterocycles. The summed E-state index contributed by atoms with van der Waals surface area (Å²) >= 11 is 0. The van der Waals surface area contributed by atoms with Gasteiger partial charge in [0, 0.05) is 0 Å². The van der Waals surface area contributed by atoms with Gasteiger partial charge in [-0.15, -0.1) is 0 Å². The molecule has 0 atom stereocenters. The molecule has 0 spiro atoms. The van der Waals surface area contributed by atoms with Crippen molar-refractivity contribution in [3.8, 4) is 11.1 Å². The molecule has 4 aromatic carbocycles. The van der Waals surface area contributed by atoms with Crippen LogP contribution in [0.2, 0.25) is 0 Å². The lowest BCUT2D eigenvalue weighted by Crippen LogP contribution is -2.29. The molecule has 0 heterocycles. The minimum atomic E-state index is -0.289. The van der Waals surface area contributed by atoms with Crippen LogP contribution in [0.3, 0.4) is 0 Å². The maximum absolute atomic E-state index is 2.42. The second-order valence-corrected chi connectivity index (χ2v) is 8.64. The van der Waals surface area contributed by atoms with Gasteiger partial charge in [-0.2, -0.15) is 0 Å². The molecule has 5 rings (SSSR count). The number of hydrogen-bond acceptors (Lipinski definition) is 0. The fraction of sp³-hybridized carbons (Fsp3) is 0.200. The summed E-state index contributed by atoms with van der Waals surface area (Å²) in [5, 5.41) is 0. The Morgan fingerprint density at radius 3 is 1.63 bits per heavy atom. The van der Waals surface area contributed by atoms with E-state index in [4.69, 9.17) is 0 Å². The third-order valence-electron chi connectivity index (χ3n) is 7.05. The SMILES string of the molecule is CCc1ccc(C2(c3ccc(C)c(C)c3)c3ccccc3-c3ccccc32)cc1C. The van der Waals surface area contributed by atoms with E-state index in [2.05, 4.69) is 113 Å². The van der Waals surface area contributed by atoms with Crippen LogP contribution in [0.1, 0.15) is 51.4 Å². The molecule has 1 aliphatic rings. The Kier molecular flexibility index (Phi) is 4.40. The molecule has 0 amide bonds. The molecular formula is C30H28. The second-order valence-electron chi connectivity index (χ2n) is 8.64. The number of benzene rings is 4. The Bertz CT molecular complexity index is 1210. The zero-order chi connectivity index (χ0) is 20.9. The average molecular weight is 389 g/mol. The molecule has 0 N–H and O–H groups in total. The van der Waals surface area contributed by atoms with Gasteiger partial charge in [0.15, 0.2) is 0 Å². The van der Waals surface area contributed by atoms with Gasteiger partial charge < -0.3 is 0 Å². The molecule has 0 nitrogen and oxygen atoms in total. The summed E-state index contributed by atoms with van der Waals surface area (Å²) in [6.45, 7) is 8.91. The van der Waals surface area contributed by atoms with Crippen LogP contribution in [-0.4, -0.2) is 0 Å². The zero-order valence-electron chi connectivity index (χ0n) is 18.3. The third-order valence-corrected chi connectivity index (χ3v) is 7.05. The number of hydrogen-bond donors (Lipinski definition) is 0. The molecule has 30 heavy (non-hydrogen) atoms. The van der Waals surface area contributed by atoms with Crippen molar-refractivity contribution in [2.75, 3.05) is 0 Å². The largest absolute Gasteiger partial charge is 0.0713 e. The molecule has 0 aliphatic heterocycles. The van der Waals surface area contributed by atoms with E-state index in [9.17, 15) is 0 Å². The van der Waals surface area contributed by atoms with Crippen molar-refractivity contribution in [1.82, 2.24) is 0 Å². The molecule has 0 bridgehead atoms. The van der Waals surface area contributed by atoms with E-state index in [1.54, 1.807) is 0 Å². The van der Waals surface area contributed by atoms with Crippen LogP contribution >= 0.6 is 0 Å². The van der Waals surface area contributed by atoms with E-state index >= 15 is 0 Å². The summed E-state index contributed by atoms with van der Waals surface area (Å²) in [5.74, 6) is 0. The molecule has 0 aromatic heterocycles. The normalized spacial score (nSPS) is 13.7. The maximum Gasteiger partial charge on any atom is 0.0713 e. The smallest absolute Gasteiger partial charge is 0.0619 e. The average Bonchev–Trinajstić information content (AvgIpc) is 3.07. The van der Waals surface area contributed by atoms with E-state index in [0.29, 0.717) is 0 Å². The van der Waals surface area contributed by atoms with Gasteiger partial charge in [0.05, 0.1) is 5.41 Å². The first-order valence-corrected chi connectivity index (χ1v) is 10.9. The van der Waals surface area contributed by atoms with E-state index in [-0.39, 0.29) is 5.41 Å². The Morgan fingerprint density at radius 2 is 1.10 bits per heavy atom. The fourth-order valence-corrected chi connectivity index (χ4v) is 5.32. The minimum absolute atomic E-state index is 0.289. The highest BCUT2D eigenvalue weighted by Crippen LogP contribution is 2.56. The number of fused-ring (bicyclic) bond motifs is 3. The second kappa shape index (κ2) is 6.99. The highest BCUT2D eigenvalue weighted by molar-refractivity contribution is 5.86. The summed E-state index contributed by atoms with van der Waals surface area (Å²) in [6.07, 6.45) is 1.07. The van der Waals surface area contributed by atoms with Crippen LogP contribution in [0.15, 0.2) is 84.9 Å². The van der Waals surface area contributed by atoms with E-state index in [1.807, 2.05) is 0 Å². The van der Waals surface area contributed by atoms with Gasteiger partial charge in [-0.05, 0) is 82.8 Å². The lowest BCUT2D eigenvalue weighted by molar-refractivity contribution is 0.764. The van der Waals surface area contributed by atoms with Gasteiger partial charge in [0.1, 0.15) is 0 Å². The van der Waals surface area contributed by atoms with Crippen LogP contribution in [0, 0.1) is 20.8 Å². The molecule has 0 saturated carbocycles. The first-order chi connectivity index (χ1) is 14.6. The van der Waals surface area contributed by atoms with Gasteiger partial charge in [0.25, 0.3) is 0 Å². The van der Waals surface area contributed by atoms with Crippen molar-refractivity contribution in [2.45, 2.75) is 39.5 Å². The standard InChI is InChI=1S/C30H28/c1-5-23-15-17-25(19-22(23)4)30(24-16-14-20(2)21(3)18-24)28-12-8-6-10-26(28)27-11-7-9-13-29(27)30/h6-19H,5H2,1-4H3. The quantitative estimate of drug-likeness (QED) is 0.299. The van der Waals surface area contributed by atoms with Gasteiger partial charge in [-0.1, -0.05) is 91.9 Å². The molecule has 0 heteroatoms. The van der Waals surface area contributed by atoms with Gasteiger partial charge in [-0.3, -0.25) is 0 Å². The molecule has 0 unspecified atom stereocenters. The van der Waals surface area contributed by atoms with Crippen LogP contribution in [-0.2, 0) is 11.8 Å². The number of aryl methyl sites for hydroxylation is 4. The summed E-state index contributed by atoms with van der Waals surface area (Å²) in [6, 6.07) is 32.1. The summed E-state index contributed by atoms with van der Waals surface area (Å²) < 4.78 is 0. The maximum atomic E-state index is 2.42. The highest BCUT2D eigenvalue weighted by atomic mass is 14.5. The first kappa shape index (κ1) is 18.9. The Labute approximate surface area is 180 Å². The molecule has 0 radical (unpaired) electrons. The van der Waals surface area contributed by atoms with Crippen molar-refractivity contribution < 1.29 is 0 Å². The summed E-state index contributed by atoms with van der Waals surface area (Å²) in [5.41, 5.74) is 13.4. The number of rotatable bonds is 3. The van der Waals surface area contributed by atoms with Crippen molar-refractivity contribution in [2.24, 2.45) is 0 Å². The van der Waals surface area contributed by atoms with Crippen LogP contribution in [0.25, 0.3) is 11.1 Å². The lowest BCUT2D eigenvalue weighted by Gasteiger charge is -2.34. The van der Waals surface area contributed by atoms with Crippen LogP contribution < -0.4 is 0 Å². The van der Waals surface area contributed by atoms with Gasteiger partial charge in [-0.25, -0.2) is 0 Å². The fourth-order valence-electron chi connectivity index (χ4n) is 5.32. The minimum Gasteiger partial charge on any atom is -0.0619 e. The summed E-state index contributed by atoms with van der Waals surface area (Å²) in [4.78, 5) is 0. The van der Waals surface area contributed by atoms with Crippen molar-refractivity contribution in [3.05, 3.63) is 129 Å². The van der Waals surface area contributed by atoms with Crippen LogP contribution in [0.5, 0.6) is 0 Å². The molecule has 148 valence electrons. The molecule has 0 fully saturated rings. The van der Waals surface area contributed by atoms with Crippen molar-refractivity contribution in [1.29, 1.82) is 0 Å².